The molecule has 0 saturated carbocycles. The fraction of sp³-hybridized carbons (Fsp3) is 0.143. The molecule has 5 N–H and O–H groups in total. The molecule has 0 unspecified atom stereocenters. The van der Waals surface area contributed by atoms with Crippen molar-refractivity contribution in [1.29, 1.82) is 0 Å². The molecule has 0 aromatic heterocycles. The highest BCUT2D eigenvalue weighted by Gasteiger charge is 2.14. The van der Waals surface area contributed by atoms with Crippen LogP contribution in [0.1, 0.15) is 11.1 Å². The minimum absolute atomic E-state index is 0.0770. The van der Waals surface area contributed by atoms with Crippen LogP contribution >= 0.6 is 0 Å². The molecule has 0 aliphatic heterocycles. The van der Waals surface area contributed by atoms with E-state index in [0.717, 1.165) is 16.8 Å². The molecule has 2 aromatic carbocycles. The summed E-state index contributed by atoms with van der Waals surface area (Å²) in [4.78, 5) is -0.0770. The van der Waals surface area contributed by atoms with Crippen LogP contribution in [0.2, 0.25) is 0 Å². The molecular formula is C14H17N3O2S. The molecule has 6 heteroatoms. The molecule has 0 aliphatic carbocycles. The zero-order valence-electron chi connectivity index (χ0n) is 11.3. The number of sulfonamides is 1. The topological polar surface area (TPSA) is 98.2 Å². The van der Waals surface area contributed by atoms with Crippen molar-refractivity contribution in [2.75, 3.05) is 11.1 Å². The normalized spacial score (nSPS) is 11.3. The Morgan fingerprint density at radius 1 is 1.05 bits per heavy atom. The van der Waals surface area contributed by atoms with Gasteiger partial charge >= 0.3 is 0 Å². The van der Waals surface area contributed by atoms with Gasteiger partial charge in [-0.2, -0.15) is 0 Å². The van der Waals surface area contributed by atoms with E-state index in [4.69, 9.17) is 10.9 Å². The van der Waals surface area contributed by atoms with Crippen LogP contribution in [-0.2, 0) is 10.0 Å². The molecule has 0 heterocycles. The smallest absolute Gasteiger partial charge is 0.240 e. The molecule has 106 valence electrons. The fourth-order valence-corrected chi connectivity index (χ4v) is 2.79. The van der Waals surface area contributed by atoms with Crippen molar-refractivity contribution < 1.29 is 8.42 Å². The largest absolute Gasteiger partial charge is 0.396 e. The van der Waals surface area contributed by atoms with Crippen LogP contribution in [-0.4, -0.2) is 8.42 Å². The fourth-order valence-electron chi connectivity index (χ4n) is 2.10. The van der Waals surface area contributed by atoms with Crippen molar-refractivity contribution in [3.63, 3.8) is 0 Å². The summed E-state index contributed by atoms with van der Waals surface area (Å²) in [5.41, 5.74) is 9.57. The highest BCUT2D eigenvalue weighted by atomic mass is 32.2. The number of rotatable bonds is 3. The summed E-state index contributed by atoms with van der Waals surface area (Å²) in [6, 6.07) is 10.7. The summed E-state index contributed by atoms with van der Waals surface area (Å²) in [6.07, 6.45) is 0. The lowest BCUT2D eigenvalue weighted by atomic mass is 10.1. The first-order chi connectivity index (χ1) is 9.27. The summed E-state index contributed by atoms with van der Waals surface area (Å²) in [5, 5.41) is 8.25. The summed E-state index contributed by atoms with van der Waals surface area (Å²) in [6.45, 7) is 3.98. The maximum absolute atomic E-state index is 11.4. The average Bonchev–Trinajstić information content (AvgIpc) is 2.29. The van der Waals surface area contributed by atoms with Crippen molar-refractivity contribution in [2.24, 2.45) is 5.14 Å². The van der Waals surface area contributed by atoms with E-state index >= 15 is 0 Å². The van der Waals surface area contributed by atoms with Gasteiger partial charge in [0.1, 0.15) is 4.90 Å². The predicted molar refractivity (Wildman–Crippen MR) is 81.4 cm³/mol. The minimum atomic E-state index is -3.83. The van der Waals surface area contributed by atoms with Gasteiger partial charge in [-0.25, -0.2) is 13.6 Å². The lowest BCUT2D eigenvalue weighted by Crippen LogP contribution is -2.15. The van der Waals surface area contributed by atoms with Gasteiger partial charge in [0.2, 0.25) is 10.0 Å². The van der Waals surface area contributed by atoms with Crippen molar-refractivity contribution in [2.45, 2.75) is 18.7 Å². The molecule has 0 spiro atoms. The Morgan fingerprint density at radius 3 is 2.20 bits per heavy atom. The van der Waals surface area contributed by atoms with Crippen molar-refractivity contribution >= 4 is 27.1 Å². The summed E-state index contributed by atoms with van der Waals surface area (Å²) in [7, 11) is -3.83. The van der Waals surface area contributed by atoms with Crippen LogP contribution in [0.4, 0.5) is 17.1 Å². The highest BCUT2D eigenvalue weighted by molar-refractivity contribution is 7.89. The molecule has 0 amide bonds. The molecule has 20 heavy (non-hydrogen) atoms. The first-order valence-corrected chi connectivity index (χ1v) is 7.58. The third kappa shape index (κ3) is 3.09. The quantitative estimate of drug-likeness (QED) is 0.755. The lowest BCUT2D eigenvalue weighted by molar-refractivity contribution is 0.598. The molecule has 5 nitrogen and oxygen atoms in total. The number of anilines is 3. The number of benzene rings is 2. The van der Waals surface area contributed by atoms with E-state index in [2.05, 4.69) is 11.4 Å². The first-order valence-electron chi connectivity index (χ1n) is 6.04. The Balaban J connectivity index is 2.44. The van der Waals surface area contributed by atoms with Gasteiger partial charge in [-0.15, -0.1) is 0 Å². The summed E-state index contributed by atoms with van der Waals surface area (Å²) < 4.78 is 22.9. The molecule has 0 fully saturated rings. The zero-order chi connectivity index (χ0) is 14.9. The number of hydrogen-bond donors (Lipinski definition) is 3. The van der Waals surface area contributed by atoms with Gasteiger partial charge in [-0.3, -0.25) is 0 Å². The van der Waals surface area contributed by atoms with E-state index in [0.29, 0.717) is 5.69 Å². The lowest BCUT2D eigenvalue weighted by Gasteiger charge is -2.13. The molecule has 0 atom stereocenters. The minimum Gasteiger partial charge on any atom is -0.396 e. The number of nitrogens with one attached hydrogen (secondary N) is 1. The Hall–Kier alpha value is -2.05. The maximum atomic E-state index is 11.4. The number of primary sulfonamides is 1. The van der Waals surface area contributed by atoms with E-state index in [9.17, 15) is 8.42 Å². The van der Waals surface area contributed by atoms with E-state index in [1.54, 1.807) is 12.1 Å². The van der Waals surface area contributed by atoms with E-state index in [1.807, 2.05) is 26.0 Å². The van der Waals surface area contributed by atoms with Crippen LogP contribution in [0.5, 0.6) is 0 Å². The highest BCUT2D eigenvalue weighted by Crippen LogP contribution is 2.29. The molecular weight excluding hydrogens is 274 g/mol. The monoisotopic (exact) mass is 291 g/mol. The molecule has 2 aromatic rings. The third-order valence-corrected chi connectivity index (χ3v) is 3.84. The van der Waals surface area contributed by atoms with Crippen LogP contribution in [0, 0.1) is 13.8 Å². The standard InChI is InChI=1S/C14H17N3O2S/c1-9-6-10(2)8-11(7-9)17-12-4-3-5-13(14(12)15)20(16,18)19/h3-8,17H,15H2,1-2H3,(H2,16,18,19). The summed E-state index contributed by atoms with van der Waals surface area (Å²) in [5.74, 6) is 0. The maximum Gasteiger partial charge on any atom is 0.240 e. The second-order valence-electron chi connectivity index (χ2n) is 4.76. The second kappa shape index (κ2) is 5.15. The zero-order valence-corrected chi connectivity index (χ0v) is 12.2. The SMILES string of the molecule is Cc1cc(C)cc(Nc2cccc(S(N)(=O)=O)c2N)c1. The van der Waals surface area contributed by atoms with Gasteiger partial charge in [-0.05, 0) is 49.2 Å². The second-order valence-corrected chi connectivity index (χ2v) is 6.29. The molecule has 0 saturated heterocycles. The van der Waals surface area contributed by atoms with Crippen molar-refractivity contribution in [3.8, 4) is 0 Å². The van der Waals surface area contributed by atoms with Gasteiger partial charge < -0.3 is 11.1 Å². The first kappa shape index (κ1) is 14.4. The molecule has 2 rings (SSSR count). The van der Waals surface area contributed by atoms with Crippen LogP contribution in [0.3, 0.4) is 0 Å². The molecule has 0 aliphatic rings. The number of hydrogen-bond acceptors (Lipinski definition) is 4. The Kier molecular flexibility index (Phi) is 3.69. The van der Waals surface area contributed by atoms with Gasteiger partial charge in [0.25, 0.3) is 0 Å². The Bertz CT molecular complexity index is 735. The number of para-hydroxylation sites is 1. The van der Waals surface area contributed by atoms with Crippen molar-refractivity contribution in [3.05, 3.63) is 47.5 Å². The number of nitrogen functional groups attached to an aromatic ring is 1. The Morgan fingerprint density at radius 2 is 1.65 bits per heavy atom. The Labute approximate surface area is 118 Å². The van der Waals surface area contributed by atoms with Gasteiger partial charge in [0.05, 0.1) is 11.4 Å². The van der Waals surface area contributed by atoms with Crippen LogP contribution in [0.15, 0.2) is 41.3 Å². The molecule has 0 radical (unpaired) electrons. The molecule has 0 bridgehead atoms. The van der Waals surface area contributed by atoms with Gasteiger partial charge in [0, 0.05) is 5.69 Å². The average molecular weight is 291 g/mol. The number of aryl methyl sites for hydroxylation is 2. The van der Waals surface area contributed by atoms with Crippen LogP contribution in [0.25, 0.3) is 0 Å². The van der Waals surface area contributed by atoms with E-state index in [1.165, 1.54) is 6.07 Å². The van der Waals surface area contributed by atoms with Gasteiger partial charge in [0.15, 0.2) is 0 Å². The number of nitrogens with two attached hydrogens (primary N) is 2. The predicted octanol–water partition coefficient (Wildman–Crippen LogP) is 2.28. The third-order valence-electron chi connectivity index (χ3n) is 2.87. The van der Waals surface area contributed by atoms with Gasteiger partial charge in [-0.1, -0.05) is 12.1 Å². The summed E-state index contributed by atoms with van der Waals surface area (Å²) >= 11 is 0. The van der Waals surface area contributed by atoms with Crippen LogP contribution < -0.4 is 16.2 Å². The van der Waals surface area contributed by atoms with Crippen molar-refractivity contribution in [1.82, 2.24) is 0 Å². The van der Waals surface area contributed by atoms with E-state index < -0.39 is 10.0 Å². The van der Waals surface area contributed by atoms with E-state index in [-0.39, 0.29) is 10.6 Å².